The van der Waals surface area contributed by atoms with E-state index in [0.717, 1.165) is 14.2 Å². The van der Waals surface area contributed by atoms with Gasteiger partial charge in [-0.1, -0.05) is 6.92 Å². The summed E-state index contributed by atoms with van der Waals surface area (Å²) in [6.07, 6.45) is -0.372. The van der Waals surface area contributed by atoms with Crippen molar-refractivity contribution in [3.63, 3.8) is 0 Å². The number of esters is 2. The van der Waals surface area contributed by atoms with Crippen molar-refractivity contribution >= 4 is 11.9 Å². The second kappa shape index (κ2) is 6.60. The Morgan fingerprint density at radius 1 is 1.38 bits per heavy atom. The smallest absolute Gasteiger partial charge is 0.326 e. The molecule has 1 N–H and O–H groups in total. The molecule has 24 heavy (non-hydrogen) atoms. The highest BCUT2D eigenvalue weighted by Gasteiger charge is 2.69. The molecule has 0 bridgehead atoms. The van der Waals surface area contributed by atoms with Crippen LogP contribution in [0.2, 0.25) is 0 Å². The third-order valence-electron chi connectivity index (χ3n) is 4.68. The van der Waals surface area contributed by atoms with Crippen LogP contribution in [-0.4, -0.2) is 48.3 Å². The normalized spacial score (nSPS) is 28.8. The number of hydrogen-bond acceptors (Lipinski definition) is 8. The standard InChI is InChI=1S/C15H19NO8/c1-8-7-10(17)15(13(18)22-2,14(19)23-3)11(12(8)16(20)21)9-5-4-6-24-9/h4-6,8,10-12,17H,7H2,1-3H3/t8-,10+,11-,12+/m0/s1. The van der Waals surface area contributed by atoms with Gasteiger partial charge >= 0.3 is 11.9 Å². The summed E-state index contributed by atoms with van der Waals surface area (Å²) < 4.78 is 14.7. The maximum atomic E-state index is 12.5. The molecule has 4 atom stereocenters. The lowest BCUT2D eigenvalue weighted by atomic mass is 9.58. The van der Waals surface area contributed by atoms with Gasteiger partial charge in [0.2, 0.25) is 11.5 Å². The minimum atomic E-state index is -2.27. The number of aliphatic hydroxyl groups is 1. The molecule has 1 saturated carbocycles. The average molecular weight is 341 g/mol. The van der Waals surface area contributed by atoms with Gasteiger partial charge in [0.15, 0.2) is 0 Å². The fourth-order valence-corrected chi connectivity index (χ4v) is 3.62. The molecule has 0 radical (unpaired) electrons. The summed E-state index contributed by atoms with van der Waals surface area (Å²) in [5.74, 6) is -4.12. The monoisotopic (exact) mass is 341 g/mol. The number of nitro groups is 1. The van der Waals surface area contributed by atoms with Gasteiger partial charge in [0.1, 0.15) is 11.7 Å². The number of methoxy groups -OCH3 is 2. The van der Waals surface area contributed by atoms with Gasteiger partial charge in [-0.15, -0.1) is 0 Å². The summed E-state index contributed by atoms with van der Waals surface area (Å²) >= 11 is 0. The molecular formula is C15H19NO8. The molecule has 0 aliphatic heterocycles. The third kappa shape index (κ3) is 2.44. The molecule has 0 spiro atoms. The van der Waals surface area contributed by atoms with E-state index < -0.39 is 46.3 Å². The molecule has 1 fully saturated rings. The van der Waals surface area contributed by atoms with E-state index in [0.29, 0.717) is 0 Å². The van der Waals surface area contributed by atoms with E-state index in [2.05, 4.69) is 0 Å². The molecule has 2 rings (SSSR count). The molecule has 1 aromatic heterocycles. The van der Waals surface area contributed by atoms with E-state index in [9.17, 15) is 24.8 Å². The van der Waals surface area contributed by atoms with Crippen LogP contribution in [0.15, 0.2) is 22.8 Å². The van der Waals surface area contributed by atoms with E-state index >= 15 is 0 Å². The first-order valence-corrected chi connectivity index (χ1v) is 7.34. The number of carbonyl (C=O) groups excluding carboxylic acids is 2. The van der Waals surface area contributed by atoms with Crippen molar-refractivity contribution in [2.24, 2.45) is 11.3 Å². The van der Waals surface area contributed by atoms with E-state index in [1.54, 1.807) is 6.92 Å². The van der Waals surface area contributed by atoms with Crippen molar-refractivity contribution in [3.8, 4) is 0 Å². The summed E-state index contributed by atoms with van der Waals surface area (Å²) in [6.45, 7) is 1.57. The molecule has 9 heteroatoms. The van der Waals surface area contributed by atoms with Gasteiger partial charge in [0, 0.05) is 10.8 Å². The van der Waals surface area contributed by atoms with Crippen molar-refractivity contribution in [1.29, 1.82) is 0 Å². The minimum Gasteiger partial charge on any atom is -0.469 e. The van der Waals surface area contributed by atoms with E-state index in [1.165, 1.54) is 18.4 Å². The molecule has 0 saturated heterocycles. The van der Waals surface area contributed by atoms with E-state index in [-0.39, 0.29) is 12.2 Å². The maximum Gasteiger partial charge on any atom is 0.326 e. The zero-order valence-corrected chi connectivity index (χ0v) is 13.5. The second-order valence-electron chi connectivity index (χ2n) is 5.85. The van der Waals surface area contributed by atoms with Crippen LogP contribution in [-0.2, 0) is 19.1 Å². The number of nitrogens with zero attached hydrogens (tertiary/aromatic N) is 1. The Balaban J connectivity index is 2.77. The van der Waals surface area contributed by atoms with Crippen LogP contribution in [0.25, 0.3) is 0 Å². The first-order valence-electron chi connectivity index (χ1n) is 7.34. The molecule has 0 amide bonds. The molecule has 0 aromatic carbocycles. The molecular weight excluding hydrogens is 322 g/mol. The van der Waals surface area contributed by atoms with Gasteiger partial charge in [-0.2, -0.15) is 0 Å². The first-order chi connectivity index (χ1) is 11.3. The largest absolute Gasteiger partial charge is 0.469 e. The van der Waals surface area contributed by atoms with Crippen LogP contribution in [0.3, 0.4) is 0 Å². The number of furan rings is 1. The van der Waals surface area contributed by atoms with Crippen LogP contribution >= 0.6 is 0 Å². The zero-order valence-electron chi connectivity index (χ0n) is 13.5. The second-order valence-corrected chi connectivity index (χ2v) is 5.85. The number of hydrogen-bond donors (Lipinski definition) is 1. The molecule has 9 nitrogen and oxygen atoms in total. The van der Waals surface area contributed by atoms with Crippen LogP contribution in [0, 0.1) is 21.4 Å². The predicted octanol–water partition coefficient (Wildman–Crippen LogP) is 0.742. The maximum absolute atomic E-state index is 12.5. The Morgan fingerprint density at radius 2 is 1.96 bits per heavy atom. The van der Waals surface area contributed by atoms with Crippen molar-refractivity contribution < 1.29 is 33.5 Å². The number of aliphatic hydroxyl groups excluding tert-OH is 1. The quantitative estimate of drug-likeness (QED) is 0.367. The van der Waals surface area contributed by atoms with Gasteiger partial charge < -0.3 is 19.0 Å². The molecule has 1 aromatic rings. The van der Waals surface area contributed by atoms with Gasteiger partial charge in [-0.25, -0.2) is 0 Å². The van der Waals surface area contributed by atoms with E-state index in [4.69, 9.17) is 13.9 Å². The van der Waals surface area contributed by atoms with Gasteiger partial charge in [-0.05, 0) is 18.6 Å². The highest BCUT2D eigenvalue weighted by Crippen LogP contribution is 2.52. The molecule has 1 aliphatic rings. The summed E-state index contributed by atoms with van der Waals surface area (Å²) in [5.41, 5.74) is -2.27. The minimum absolute atomic E-state index is 0.0399. The van der Waals surface area contributed by atoms with Crippen LogP contribution < -0.4 is 0 Å². The van der Waals surface area contributed by atoms with Crippen LogP contribution in [0.1, 0.15) is 25.0 Å². The summed E-state index contributed by atoms with van der Waals surface area (Å²) in [5, 5.41) is 22.3. The van der Waals surface area contributed by atoms with Crippen molar-refractivity contribution in [2.75, 3.05) is 14.2 Å². The molecule has 132 valence electrons. The summed E-state index contributed by atoms with van der Waals surface area (Å²) in [6, 6.07) is 1.57. The topological polar surface area (TPSA) is 129 Å². The molecule has 1 heterocycles. The highest BCUT2D eigenvalue weighted by atomic mass is 16.6. The Bertz CT molecular complexity index is 609. The number of carbonyl (C=O) groups is 2. The van der Waals surface area contributed by atoms with Crippen LogP contribution in [0.4, 0.5) is 0 Å². The lowest BCUT2D eigenvalue weighted by Crippen LogP contribution is -2.62. The zero-order chi connectivity index (χ0) is 18.1. The molecule has 1 aliphatic carbocycles. The van der Waals surface area contributed by atoms with Gasteiger partial charge in [0.05, 0.1) is 26.6 Å². The highest BCUT2D eigenvalue weighted by molar-refractivity contribution is 6.02. The molecule has 0 unspecified atom stereocenters. The summed E-state index contributed by atoms with van der Waals surface area (Å²) in [7, 11) is 2.08. The lowest BCUT2D eigenvalue weighted by molar-refractivity contribution is -0.543. The number of rotatable bonds is 4. The van der Waals surface area contributed by atoms with E-state index in [1.807, 2.05) is 0 Å². The Labute approximate surface area is 137 Å². The average Bonchev–Trinajstić information content (AvgIpc) is 3.06. The van der Waals surface area contributed by atoms with Crippen molar-refractivity contribution in [3.05, 3.63) is 34.3 Å². The summed E-state index contributed by atoms with van der Waals surface area (Å²) in [4.78, 5) is 36.2. The number of ether oxygens (including phenoxy) is 2. The Morgan fingerprint density at radius 3 is 2.38 bits per heavy atom. The Kier molecular flexibility index (Phi) is 4.93. The first kappa shape index (κ1) is 17.9. The fraction of sp³-hybridized carbons (Fsp3) is 0.600. The SMILES string of the molecule is COC(=O)C1(C(=O)OC)[C@H](O)C[C@H](C)[C@@H]([N+](=O)[O-])[C@@H]1c1ccco1. The van der Waals surface area contributed by atoms with Gasteiger partial charge in [0.25, 0.3) is 0 Å². The van der Waals surface area contributed by atoms with Crippen molar-refractivity contribution in [2.45, 2.75) is 31.4 Å². The van der Waals surface area contributed by atoms with Gasteiger partial charge in [-0.3, -0.25) is 19.7 Å². The predicted molar refractivity (Wildman–Crippen MR) is 78.5 cm³/mol. The van der Waals surface area contributed by atoms with Crippen molar-refractivity contribution in [1.82, 2.24) is 0 Å². The fourth-order valence-electron chi connectivity index (χ4n) is 3.62. The Hall–Kier alpha value is -2.42. The van der Waals surface area contributed by atoms with Crippen LogP contribution in [0.5, 0.6) is 0 Å². The lowest BCUT2D eigenvalue weighted by Gasteiger charge is -2.44. The third-order valence-corrected chi connectivity index (χ3v) is 4.68.